The van der Waals surface area contributed by atoms with Crippen molar-refractivity contribution < 1.29 is 17.9 Å². The molecule has 0 saturated carbocycles. The van der Waals surface area contributed by atoms with Gasteiger partial charge in [0.25, 0.3) is 10.0 Å². The summed E-state index contributed by atoms with van der Waals surface area (Å²) in [4.78, 5) is 13.1. The number of aryl methyl sites for hydroxylation is 2. The molecule has 1 amide bonds. The minimum Gasteiger partial charge on any atom is -0.494 e. The van der Waals surface area contributed by atoms with Crippen LogP contribution in [-0.2, 0) is 14.8 Å². The Labute approximate surface area is 196 Å². The summed E-state index contributed by atoms with van der Waals surface area (Å²) in [6, 6.07) is 20.8. The first-order valence-electron chi connectivity index (χ1n) is 10.9. The van der Waals surface area contributed by atoms with Crippen molar-refractivity contribution in [1.29, 1.82) is 0 Å². The molecule has 0 spiro atoms. The lowest BCUT2D eigenvalue weighted by Gasteiger charge is -2.26. The standard InChI is InChI=1S/C26H30N2O4S/c1-5-32-24-13-11-22(12-14-24)21(4)27-26(29)18-28(23-16-19(2)15-20(3)17-23)33(30,31)25-9-7-6-8-10-25/h6-17,21H,5,18H2,1-4H3,(H,27,29)/t21-/m1/s1. The number of hydrogen-bond acceptors (Lipinski definition) is 4. The van der Waals surface area contributed by atoms with Crippen LogP contribution in [0.15, 0.2) is 77.7 Å². The second-order valence-corrected chi connectivity index (χ2v) is 9.82. The molecule has 0 heterocycles. The van der Waals surface area contributed by atoms with Crippen molar-refractivity contribution in [2.45, 2.75) is 38.6 Å². The number of carbonyl (C=O) groups is 1. The molecule has 1 atom stereocenters. The summed E-state index contributed by atoms with van der Waals surface area (Å²) in [5.74, 6) is 0.366. The highest BCUT2D eigenvalue weighted by atomic mass is 32.2. The fraction of sp³-hybridized carbons (Fsp3) is 0.269. The van der Waals surface area contributed by atoms with E-state index in [0.717, 1.165) is 22.4 Å². The molecule has 0 aliphatic carbocycles. The van der Waals surface area contributed by atoms with E-state index in [9.17, 15) is 13.2 Å². The quantitative estimate of drug-likeness (QED) is 0.493. The molecule has 3 aromatic carbocycles. The zero-order valence-electron chi connectivity index (χ0n) is 19.4. The van der Waals surface area contributed by atoms with Crippen molar-refractivity contribution in [3.8, 4) is 5.75 Å². The van der Waals surface area contributed by atoms with Gasteiger partial charge >= 0.3 is 0 Å². The van der Waals surface area contributed by atoms with Gasteiger partial charge in [-0.15, -0.1) is 0 Å². The molecule has 3 rings (SSSR count). The number of hydrogen-bond donors (Lipinski definition) is 1. The van der Waals surface area contributed by atoms with E-state index in [2.05, 4.69) is 5.32 Å². The Hall–Kier alpha value is -3.32. The number of ether oxygens (including phenoxy) is 1. The largest absolute Gasteiger partial charge is 0.494 e. The van der Waals surface area contributed by atoms with Gasteiger partial charge in [-0.05, 0) is 80.8 Å². The molecule has 0 saturated heterocycles. The summed E-state index contributed by atoms with van der Waals surface area (Å²) >= 11 is 0. The van der Waals surface area contributed by atoms with Gasteiger partial charge < -0.3 is 10.1 Å². The molecule has 0 aliphatic rings. The summed E-state index contributed by atoms with van der Waals surface area (Å²) in [7, 11) is -3.94. The lowest BCUT2D eigenvalue weighted by molar-refractivity contribution is -0.120. The van der Waals surface area contributed by atoms with Crippen LogP contribution in [0.3, 0.4) is 0 Å². The van der Waals surface area contributed by atoms with Crippen molar-refractivity contribution in [3.05, 3.63) is 89.5 Å². The predicted molar refractivity (Wildman–Crippen MR) is 131 cm³/mol. The number of anilines is 1. The van der Waals surface area contributed by atoms with Crippen molar-refractivity contribution >= 4 is 21.6 Å². The molecule has 1 N–H and O–H groups in total. The number of rotatable bonds is 9. The second kappa shape index (κ2) is 10.5. The predicted octanol–water partition coefficient (Wildman–Crippen LogP) is 4.77. The maximum Gasteiger partial charge on any atom is 0.264 e. The molecule has 0 radical (unpaired) electrons. The van der Waals surface area contributed by atoms with E-state index < -0.39 is 15.9 Å². The maximum absolute atomic E-state index is 13.5. The monoisotopic (exact) mass is 466 g/mol. The van der Waals surface area contributed by atoms with Crippen LogP contribution in [0.2, 0.25) is 0 Å². The van der Waals surface area contributed by atoms with E-state index >= 15 is 0 Å². The molecule has 0 aromatic heterocycles. The number of sulfonamides is 1. The van der Waals surface area contributed by atoms with Crippen LogP contribution in [0.25, 0.3) is 0 Å². The molecule has 0 unspecified atom stereocenters. The molecule has 174 valence electrons. The van der Waals surface area contributed by atoms with Crippen molar-refractivity contribution in [1.82, 2.24) is 5.32 Å². The number of nitrogens with one attached hydrogen (secondary N) is 1. The Balaban J connectivity index is 1.86. The Morgan fingerprint density at radius 2 is 1.58 bits per heavy atom. The third-order valence-corrected chi connectivity index (χ3v) is 6.97. The lowest BCUT2D eigenvalue weighted by Crippen LogP contribution is -2.41. The topological polar surface area (TPSA) is 75.7 Å². The van der Waals surface area contributed by atoms with E-state index in [4.69, 9.17) is 4.74 Å². The molecule has 3 aromatic rings. The highest BCUT2D eigenvalue weighted by molar-refractivity contribution is 7.92. The Bertz CT molecular complexity index is 1170. The molecule has 7 heteroatoms. The molecule has 0 aliphatic heterocycles. The molecular formula is C26H30N2O4S. The zero-order valence-corrected chi connectivity index (χ0v) is 20.2. The van der Waals surface area contributed by atoms with Gasteiger partial charge in [0.1, 0.15) is 12.3 Å². The van der Waals surface area contributed by atoms with Crippen LogP contribution in [0.5, 0.6) is 5.75 Å². The Morgan fingerprint density at radius 1 is 0.970 bits per heavy atom. The zero-order chi connectivity index (χ0) is 24.0. The molecular weight excluding hydrogens is 436 g/mol. The SMILES string of the molecule is CCOc1ccc([C@@H](C)NC(=O)CN(c2cc(C)cc(C)c2)S(=O)(=O)c2ccccc2)cc1. The third-order valence-electron chi connectivity index (χ3n) is 5.18. The van der Waals surface area contributed by atoms with Crippen molar-refractivity contribution in [2.75, 3.05) is 17.5 Å². The van der Waals surface area contributed by atoms with E-state index in [1.807, 2.05) is 58.0 Å². The number of benzene rings is 3. The van der Waals surface area contributed by atoms with Crippen LogP contribution in [0.1, 0.15) is 36.6 Å². The molecule has 6 nitrogen and oxygen atoms in total. The minimum atomic E-state index is -3.94. The lowest BCUT2D eigenvalue weighted by atomic mass is 10.1. The fourth-order valence-electron chi connectivity index (χ4n) is 3.65. The number of nitrogens with zero attached hydrogens (tertiary/aromatic N) is 1. The van der Waals surface area contributed by atoms with Crippen molar-refractivity contribution in [3.63, 3.8) is 0 Å². The van der Waals surface area contributed by atoms with Gasteiger partial charge in [0, 0.05) is 0 Å². The van der Waals surface area contributed by atoms with Gasteiger partial charge in [0.15, 0.2) is 0 Å². The summed E-state index contributed by atoms with van der Waals surface area (Å²) in [6.07, 6.45) is 0. The van der Waals surface area contributed by atoms with Gasteiger partial charge in [-0.2, -0.15) is 0 Å². The summed E-state index contributed by atoms with van der Waals surface area (Å²) in [5.41, 5.74) is 3.19. The van der Waals surface area contributed by atoms with E-state index in [1.165, 1.54) is 16.4 Å². The summed E-state index contributed by atoms with van der Waals surface area (Å²) in [6.45, 7) is 7.83. The Kier molecular flexibility index (Phi) is 7.76. The van der Waals surface area contributed by atoms with Gasteiger partial charge in [0.2, 0.25) is 5.91 Å². The van der Waals surface area contributed by atoms with E-state index in [-0.39, 0.29) is 17.5 Å². The molecule has 0 bridgehead atoms. The van der Waals surface area contributed by atoms with Gasteiger partial charge in [-0.1, -0.05) is 36.4 Å². The summed E-state index contributed by atoms with van der Waals surface area (Å²) < 4.78 is 33.6. The third kappa shape index (κ3) is 6.14. The maximum atomic E-state index is 13.5. The first-order chi connectivity index (χ1) is 15.7. The van der Waals surface area contributed by atoms with Gasteiger partial charge in [0.05, 0.1) is 23.2 Å². The van der Waals surface area contributed by atoms with E-state index in [1.54, 1.807) is 30.3 Å². The van der Waals surface area contributed by atoms with Gasteiger partial charge in [-0.3, -0.25) is 9.10 Å². The highest BCUT2D eigenvalue weighted by Crippen LogP contribution is 2.26. The number of amides is 1. The average molecular weight is 467 g/mol. The van der Waals surface area contributed by atoms with Crippen LogP contribution in [-0.4, -0.2) is 27.5 Å². The smallest absolute Gasteiger partial charge is 0.264 e. The van der Waals surface area contributed by atoms with Crippen LogP contribution < -0.4 is 14.4 Å². The van der Waals surface area contributed by atoms with E-state index in [0.29, 0.717) is 12.3 Å². The van der Waals surface area contributed by atoms with Gasteiger partial charge in [-0.25, -0.2) is 8.42 Å². The van der Waals surface area contributed by atoms with Crippen LogP contribution >= 0.6 is 0 Å². The number of carbonyl (C=O) groups excluding carboxylic acids is 1. The Morgan fingerprint density at radius 3 is 2.15 bits per heavy atom. The first-order valence-corrected chi connectivity index (χ1v) is 12.3. The fourth-order valence-corrected chi connectivity index (χ4v) is 5.08. The molecule has 33 heavy (non-hydrogen) atoms. The van der Waals surface area contributed by atoms with Crippen LogP contribution in [0.4, 0.5) is 5.69 Å². The average Bonchev–Trinajstić information content (AvgIpc) is 2.78. The molecule has 0 fully saturated rings. The summed E-state index contributed by atoms with van der Waals surface area (Å²) in [5, 5.41) is 2.91. The minimum absolute atomic E-state index is 0.136. The second-order valence-electron chi connectivity index (χ2n) is 7.96. The van der Waals surface area contributed by atoms with Crippen molar-refractivity contribution in [2.24, 2.45) is 0 Å². The first kappa shape index (κ1) is 24.3. The van der Waals surface area contributed by atoms with Crippen LogP contribution in [0, 0.1) is 13.8 Å². The normalized spacial score (nSPS) is 12.1. The highest BCUT2D eigenvalue weighted by Gasteiger charge is 2.28.